The molecule has 0 saturated carbocycles. The molecule has 6 heteroatoms. The molecular weight excluding hydrogens is 372 g/mol. The molecule has 5 nitrogen and oxygen atoms in total. The number of para-hydroxylation sites is 1. The molecule has 0 radical (unpaired) electrons. The van der Waals surface area contributed by atoms with Crippen LogP contribution in [0.3, 0.4) is 0 Å². The van der Waals surface area contributed by atoms with Gasteiger partial charge in [-0.1, -0.05) is 24.3 Å². The first-order valence-corrected chi connectivity index (χ1v) is 10.3. The Bertz CT molecular complexity index is 898. The highest BCUT2D eigenvalue weighted by molar-refractivity contribution is 7.09. The smallest absolute Gasteiger partial charge is 0.227 e. The van der Waals surface area contributed by atoms with E-state index in [0.717, 1.165) is 21.9 Å². The van der Waals surface area contributed by atoms with Crippen molar-refractivity contribution in [1.82, 2.24) is 4.90 Å². The van der Waals surface area contributed by atoms with Crippen LogP contribution in [0.1, 0.15) is 29.0 Å². The molecule has 0 saturated heterocycles. The quantitative estimate of drug-likeness (QED) is 0.643. The zero-order chi connectivity index (χ0) is 19.3. The maximum absolute atomic E-state index is 12.9. The number of rotatable bonds is 7. The number of thiophene rings is 1. The van der Waals surface area contributed by atoms with E-state index >= 15 is 0 Å². The molecule has 4 rings (SSSR count). The van der Waals surface area contributed by atoms with E-state index in [9.17, 15) is 9.59 Å². The van der Waals surface area contributed by atoms with Gasteiger partial charge in [0.05, 0.1) is 19.4 Å². The molecule has 2 aromatic heterocycles. The lowest BCUT2D eigenvalue weighted by Crippen LogP contribution is -2.33. The van der Waals surface area contributed by atoms with Gasteiger partial charge < -0.3 is 14.6 Å². The van der Waals surface area contributed by atoms with Gasteiger partial charge in [0.15, 0.2) is 0 Å². The second-order valence-electron chi connectivity index (χ2n) is 6.99. The van der Waals surface area contributed by atoms with Gasteiger partial charge in [-0.25, -0.2) is 0 Å². The van der Waals surface area contributed by atoms with Crippen molar-refractivity contribution >= 4 is 28.8 Å². The summed E-state index contributed by atoms with van der Waals surface area (Å²) in [4.78, 5) is 28.3. The molecule has 1 aliphatic rings. The van der Waals surface area contributed by atoms with Crippen LogP contribution in [0.2, 0.25) is 0 Å². The predicted molar refractivity (Wildman–Crippen MR) is 109 cm³/mol. The van der Waals surface area contributed by atoms with Crippen LogP contribution >= 0.6 is 11.3 Å². The van der Waals surface area contributed by atoms with Gasteiger partial charge in [0.1, 0.15) is 5.76 Å². The largest absolute Gasteiger partial charge is 0.467 e. The molecular formula is C22H22N2O3S. The lowest BCUT2D eigenvalue weighted by Gasteiger charge is -2.26. The minimum atomic E-state index is -0.175. The van der Waals surface area contributed by atoms with Crippen LogP contribution in [0.4, 0.5) is 5.69 Å². The van der Waals surface area contributed by atoms with Crippen LogP contribution in [-0.4, -0.2) is 16.7 Å². The van der Waals surface area contributed by atoms with Crippen LogP contribution < -0.4 is 5.32 Å². The first-order valence-electron chi connectivity index (χ1n) is 9.40. The highest BCUT2D eigenvalue weighted by Gasteiger charge is 2.27. The number of fused-ring (bicyclic) bond motifs is 1. The molecule has 0 spiro atoms. The summed E-state index contributed by atoms with van der Waals surface area (Å²) < 4.78 is 5.43. The summed E-state index contributed by atoms with van der Waals surface area (Å²) in [5.74, 6) is 0.624. The summed E-state index contributed by atoms with van der Waals surface area (Å²) in [6, 6.07) is 15.6. The van der Waals surface area contributed by atoms with Crippen LogP contribution in [0.15, 0.2) is 64.6 Å². The number of furan rings is 1. The molecule has 1 aromatic carbocycles. The minimum Gasteiger partial charge on any atom is -0.467 e. The maximum atomic E-state index is 12.9. The lowest BCUT2D eigenvalue weighted by molar-refractivity contribution is -0.133. The van der Waals surface area contributed by atoms with Crippen LogP contribution in [0.25, 0.3) is 0 Å². The highest BCUT2D eigenvalue weighted by atomic mass is 32.1. The summed E-state index contributed by atoms with van der Waals surface area (Å²) in [6.45, 7) is 0.986. The standard InChI is InChI=1S/C22H22N2O3S/c25-21(10-9-17-13-16-5-1-2-8-20(16)23-22(17)26)24(14-18-6-3-11-27-18)15-19-7-4-12-28-19/h1-8,11-12,17H,9-10,13-15H2,(H,23,26). The van der Waals surface area contributed by atoms with Crippen molar-refractivity contribution in [3.8, 4) is 0 Å². The van der Waals surface area contributed by atoms with Crippen molar-refractivity contribution in [3.63, 3.8) is 0 Å². The zero-order valence-corrected chi connectivity index (χ0v) is 16.3. The number of carbonyl (C=O) groups excluding carboxylic acids is 2. The molecule has 0 aliphatic carbocycles. The number of nitrogens with one attached hydrogen (secondary N) is 1. The van der Waals surface area contributed by atoms with Crippen molar-refractivity contribution < 1.29 is 14.0 Å². The van der Waals surface area contributed by atoms with Gasteiger partial charge in [0.2, 0.25) is 11.8 Å². The number of nitrogens with zero attached hydrogens (tertiary/aromatic N) is 1. The normalized spacial score (nSPS) is 15.7. The number of carbonyl (C=O) groups is 2. The summed E-state index contributed by atoms with van der Waals surface area (Å²) in [6.07, 6.45) is 3.18. The van der Waals surface area contributed by atoms with E-state index < -0.39 is 0 Å². The number of amides is 2. The van der Waals surface area contributed by atoms with Crippen LogP contribution in [0.5, 0.6) is 0 Å². The van der Waals surface area contributed by atoms with Crippen molar-refractivity contribution in [2.45, 2.75) is 32.4 Å². The second kappa shape index (κ2) is 8.44. The molecule has 1 atom stereocenters. The number of hydrogen-bond acceptors (Lipinski definition) is 4. The Morgan fingerprint density at radius 3 is 2.82 bits per heavy atom. The average molecular weight is 394 g/mol. The Balaban J connectivity index is 1.40. The monoisotopic (exact) mass is 394 g/mol. The number of hydrogen-bond donors (Lipinski definition) is 1. The second-order valence-corrected chi connectivity index (χ2v) is 8.03. The van der Waals surface area contributed by atoms with E-state index in [-0.39, 0.29) is 17.7 Å². The van der Waals surface area contributed by atoms with E-state index in [1.807, 2.05) is 53.9 Å². The Hall–Kier alpha value is -2.86. The van der Waals surface area contributed by atoms with E-state index in [2.05, 4.69) is 5.32 Å². The van der Waals surface area contributed by atoms with Gasteiger partial charge in [0.25, 0.3) is 0 Å². The maximum Gasteiger partial charge on any atom is 0.227 e. The molecule has 144 valence electrons. The summed E-state index contributed by atoms with van der Waals surface area (Å²) in [5.41, 5.74) is 2.01. The molecule has 0 fully saturated rings. The predicted octanol–water partition coefficient (Wildman–Crippen LogP) is 4.46. The number of anilines is 1. The molecule has 1 N–H and O–H groups in total. The van der Waals surface area contributed by atoms with Crippen LogP contribution in [0, 0.1) is 5.92 Å². The molecule has 2 amide bonds. The van der Waals surface area contributed by atoms with Gasteiger partial charge in [0, 0.05) is 22.9 Å². The molecule has 1 unspecified atom stereocenters. The van der Waals surface area contributed by atoms with Crippen molar-refractivity contribution in [1.29, 1.82) is 0 Å². The first-order chi connectivity index (χ1) is 13.7. The highest BCUT2D eigenvalue weighted by Crippen LogP contribution is 2.28. The van der Waals surface area contributed by atoms with E-state index in [4.69, 9.17) is 4.42 Å². The van der Waals surface area contributed by atoms with Gasteiger partial charge in [-0.3, -0.25) is 9.59 Å². The van der Waals surface area contributed by atoms with Gasteiger partial charge in [-0.2, -0.15) is 0 Å². The molecule has 3 aromatic rings. The van der Waals surface area contributed by atoms with Gasteiger partial charge >= 0.3 is 0 Å². The zero-order valence-electron chi connectivity index (χ0n) is 15.5. The summed E-state index contributed by atoms with van der Waals surface area (Å²) in [5, 5.41) is 4.97. The van der Waals surface area contributed by atoms with E-state index in [1.54, 1.807) is 22.5 Å². The fraction of sp³-hybridized carbons (Fsp3) is 0.273. The fourth-order valence-corrected chi connectivity index (χ4v) is 4.24. The third-order valence-corrected chi connectivity index (χ3v) is 5.89. The average Bonchev–Trinajstić information content (AvgIpc) is 3.40. The molecule has 28 heavy (non-hydrogen) atoms. The van der Waals surface area contributed by atoms with Gasteiger partial charge in [-0.05, 0) is 48.1 Å². The minimum absolute atomic E-state index is 0.00217. The third kappa shape index (κ3) is 4.34. The Labute approximate surface area is 168 Å². The summed E-state index contributed by atoms with van der Waals surface area (Å²) in [7, 11) is 0. The summed E-state index contributed by atoms with van der Waals surface area (Å²) >= 11 is 1.63. The Morgan fingerprint density at radius 2 is 2.04 bits per heavy atom. The lowest BCUT2D eigenvalue weighted by atomic mass is 9.89. The van der Waals surface area contributed by atoms with Gasteiger partial charge in [-0.15, -0.1) is 11.3 Å². The van der Waals surface area contributed by atoms with Crippen molar-refractivity contribution in [2.24, 2.45) is 5.92 Å². The Kier molecular flexibility index (Phi) is 5.58. The van der Waals surface area contributed by atoms with E-state index in [0.29, 0.717) is 32.4 Å². The molecule has 0 bridgehead atoms. The third-order valence-electron chi connectivity index (χ3n) is 5.03. The first kappa shape index (κ1) is 18.5. The number of benzene rings is 1. The molecule has 1 aliphatic heterocycles. The molecule has 3 heterocycles. The topological polar surface area (TPSA) is 62.6 Å². The fourth-order valence-electron chi connectivity index (χ4n) is 3.52. The Morgan fingerprint density at radius 1 is 1.14 bits per heavy atom. The van der Waals surface area contributed by atoms with Crippen molar-refractivity contribution in [3.05, 3.63) is 76.4 Å². The van der Waals surface area contributed by atoms with E-state index in [1.165, 1.54) is 0 Å². The van der Waals surface area contributed by atoms with Crippen LogP contribution in [-0.2, 0) is 29.1 Å². The van der Waals surface area contributed by atoms with Crippen molar-refractivity contribution in [2.75, 3.05) is 5.32 Å². The SMILES string of the molecule is O=C1Nc2ccccc2CC1CCC(=O)N(Cc1ccco1)Cc1cccs1.